The second-order valence-electron chi connectivity index (χ2n) is 8.26. The van der Waals surface area contributed by atoms with Gasteiger partial charge in [0.05, 0.1) is 24.2 Å². The number of imidazole rings is 1. The van der Waals surface area contributed by atoms with Crippen LogP contribution in [-0.2, 0) is 16.9 Å². The maximum Gasteiger partial charge on any atom is 0.247 e. The Morgan fingerprint density at radius 1 is 1.35 bits per heavy atom. The fourth-order valence-electron chi connectivity index (χ4n) is 3.81. The minimum atomic E-state index is -0.782. The van der Waals surface area contributed by atoms with Gasteiger partial charge in [-0.05, 0) is 51.5 Å². The number of nitrogens with zero attached hydrogens (tertiary/aromatic N) is 4. The van der Waals surface area contributed by atoms with Crippen molar-refractivity contribution in [3.8, 4) is 0 Å². The van der Waals surface area contributed by atoms with E-state index in [0.29, 0.717) is 18.3 Å². The van der Waals surface area contributed by atoms with Crippen molar-refractivity contribution < 1.29 is 9.90 Å². The first-order valence-corrected chi connectivity index (χ1v) is 9.44. The van der Waals surface area contributed by atoms with Gasteiger partial charge in [-0.15, -0.1) is 0 Å². The molecule has 2 N–H and O–H groups in total. The Morgan fingerprint density at radius 2 is 2.15 bits per heavy atom. The van der Waals surface area contributed by atoms with Crippen molar-refractivity contribution >= 4 is 5.91 Å². The number of nitrogens with one attached hydrogen (secondary N) is 1. The minimum absolute atomic E-state index is 0.102. The third kappa shape index (κ3) is 3.40. The van der Waals surface area contributed by atoms with E-state index in [2.05, 4.69) is 15.4 Å². The molecular weight excluding hydrogens is 330 g/mol. The average molecular weight is 357 g/mol. The van der Waals surface area contributed by atoms with Crippen LogP contribution in [0.4, 0.5) is 0 Å². The number of hydrogen-bond acceptors (Lipinski definition) is 4. The Bertz CT molecular complexity index is 763. The Hall–Kier alpha value is -2.15. The Labute approximate surface area is 153 Å². The Balaban J connectivity index is 1.38. The summed E-state index contributed by atoms with van der Waals surface area (Å²) in [6.07, 6.45) is 10.7. The maximum atomic E-state index is 12.9. The lowest BCUT2D eigenvalue weighted by atomic mass is 10.0. The van der Waals surface area contributed by atoms with Gasteiger partial charge in [-0.3, -0.25) is 9.48 Å². The van der Waals surface area contributed by atoms with E-state index in [4.69, 9.17) is 0 Å². The van der Waals surface area contributed by atoms with Crippen LogP contribution in [0.3, 0.4) is 0 Å². The molecule has 0 aromatic carbocycles. The van der Waals surface area contributed by atoms with Gasteiger partial charge in [-0.1, -0.05) is 0 Å². The van der Waals surface area contributed by atoms with Crippen LogP contribution in [0.5, 0.6) is 0 Å². The molecule has 1 unspecified atom stereocenters. The number of amides is 1. The summed E-state index contributed by atoms with van der Waals surface area (Å²) in [4.78, 5) is 16.9. The molecule has 0 saturated heterocycles. The number of aromatic nitrogens is 4. The van der Waals surface area contributed by atoms with Crippen LogP contribution in [0.15, 0.2) is 31.0 Å². The second kappa shape index (κ2) is 6.54. The summed E-state index contributed by atoms with van der Waals surface area (Å²) < 4.78 is 3.77. The highest BCUT2D eigenvalue weighted by molar-refractivity contribution is 5.83. The van der Waals surface area contributed by atoms with E-state index < -0.39 is 11.6 Å². The Morgan fingerprint density at radius 3 is 2.85 bits per heavy atom. The molecule has 2 aromatic heterocycles. The van der Waals surface area contributed by atoms with Crippen LogP contribution in [0.25, 0.3) is 0 Å². The molecule has 7 nitrogen and oxygen atoms in total. The number of carbonyl (C=O) groups is 1. The first-order chi connectivity index (χ1) is 12.4. The molecule has 2 heterocycles. The lowest BCUT2D eigenvalue weighted by Crippen LogP contribution is -2.50. The van der Waals surface area contributed by atoms with Crippen LogP contribution >= 0.6 is 0 Å². The smallest absolute Gasteiger partial charge is 0.247 e. The molecule has 3 atom stereocenters. The topological polar surface area (TPSA) is 85.0 Å². The number of aliphatic hydroxyl groups excluding tert-OH is 1. The van der Waals surface area contributed by atoms with Crippen molar-refractivity contribution in [1.29, 1.82) is 0 Å². The summed E-state index contributed by atoms with van der Waals surface area (Å²) in [6, 6.07) is 1.80. The summed E-state index contributed by atoms with van der Waals surface area (Å²) in [5, 5.41) is 18.1. The maximum absolute atomic E-state index is 12.9. The normalized spacial score (nSPS) is 26.2. The predicted octanol–water partition coefficient (Wildman–Crippen LogP) is 1.65. The summed E-state index contributed by atoms with van der Waals surface area (Å²) >= 11 is 0. The van der Waals surface area contributed by atoms with Crippen LogP contribution < -0.4 is 5.32 Å². The first kappa shape index (κ1) is 17.3. The summed E-state index contributed by atoms with van der Waals surface area (Å²) in [5.41, 5.74) is 0.294. The second-order valence-corrected chi connectivity index (χ2v) is 8.26. The zero-order valence-electron chi connectivity index (χ0n) is 15.4. The van der Waals surface area contributed by atoms with Crippen molar-refractivity contribution in [2.24, 2.45) is 5.92 Å². The van der Waals surface area contributed by atoms with Crippen LogP contribution in [-0.4, -0.2) is 42.5 Å². The highest BCUT2D eigenvalue weighted by Gasteiger charge is 2.39. The molecule has 140 valence electrons. The Kier molecular flexibility index (Phi) is 4.34. The van der Waals surface area contributed by atoms with E-state index in [9.17, 15) is 9.90 Å². The zero-order valence-corrected chi connectivity index (χ0v) is 15.4. The third-order valence-corrected chi connectivity index (χ3v) is 5.71. The van der Waals surface area contributed by atoms with Crippen molar-refractivity contribution in [2.45, 2.75) is 69.7 Å². The van der Waals surface area contributed by atoms with Crippen molar-refractivity contribution in [2.75, 3.05) is 0 Å². The molecule has 2 aliphatic carbocycles. The molecule has 2 aromatic rings. The molecular formula is C19H27N5O2. The predicted molar refractivity (Wildman–Crippen MR) is 96.4 cm³/mol. The van der Waals surface area contributed by atoms with E-state index >= 15 is 0 Å². The molecule has 0 aliphatic heterocycles. The van der Waals surface area contributed by atoms with Gasteiger partial charge in [0.25, 0.3) is 0 Å². The van der Waals surface area contributed by atoms with E-state index in [-0.39, 0.29) is 11.9 Å². The SMILES string of the molecule is CC(C)(C(=O)N[C@@H]1CC(Cn2ccnc2)C[C@H]1O)n1ccc(C2CC2)n1. The van der Waals surface area contributed by atoms with Gasteiger partial charge in [-0.25, -0.2) is 4.98 Å². The summed E-state index contributed by atoms with van der Waals surface area (Å²) in [7, 11) is 0. The zero-order chi connectivity index (χ0) is 18.3. The van der Waals surface area contributed by atoms with Crippen molar-refractivity contribution in [3.63, 3.8) is 0 Å². The van der Waals surface area contributed by atoms with Crippen molar-refractivity contribution in [1.82, 2.24) is 24.6 Å². The third-order valence-electron chi connectivity index (χ3n) is 5.71. The molecule has 26 heavy (non-hydrogen) atoms. The molecule has 0 radical (unpaired) electrons. The van der Waals surface area contributed by atoms with E-state index in [1.807, 2.05) is 36.9 Å². The van der Waals surface area contributed by atoms with Crippen LogP contribution in [0, 0.1) is 5.92 Å². The lowest BCUT2D eigenvalue weighted by molar-refractivity contribution is -0.130. The highest BCUT2D eigenvalue weighted by atomic mass is 16.3. The van der Waals surface area contributed by atoms with Crippen LogP contribution in [0.2, 0.25) is 0 Å². The fourth-order valence-corrected chi connectivity index (χ4v) is 3.81. The number of hydrogen-bond donors (Lipinski definition) is 2. The molecule has 2 saturated carbocycles. The largest absolute Gasteiger partial charge is 0.391 e. The molecule has 1 amide bonds. The minimum Gasteiger partial charge on any atom is -0.391 e. The number of aliphatic hydroxyl groups is 1. The molecule has 7 heteroatoms. The van der Waals surface area contributed by atoms with Gasteiger partial charge in [-0.2, -0.15) is 5.10 Å². The van der Waals surface area contributed by atoms with Gasteiger partial charge in [0.2, 0.25) is 5.91 Å². The first-order valence-electron chi connectivity index (χ1n) is 9.44. The molecule has 2 fully saturated rings. The molecule has 0 bridgehead atoms. The van der Waals surface area contributed by atoms with E-state index in [1.54, 1.807) is 17.2 Å². The fraction of sp³-hybridized carbons (Fsp3) is 0.632. The number of carbonyl (C=O) groups excluding carboxylic acids is 1. The van der Waals surface area contributed by atoms with Gasteiger partial charge >= 0.3 is 0 Å². The molecule has 4 rings (SSSR count). The van der Waals surface area contributed by atoms with Crippen molar-refractivity contribution in [3.05, 3.63) is 36.7 Å². The van der Waals surface area contributed by atoms with Gasteiger partial charge < -0.3 is 15.0 Å². The number of rotatable bonds is 6. The monoisotopic (exact) mass is 357 g/mol. The molecule has 2 aliphatic rings. The van der Waals surface area contributed by atoms with E-state index in [1.165, 1.54) is 12.8 Å². The highest BCUT2D eigenvalue weighted by Crippen LogP contribution is 2.39. The molecule has 0 spiro atoms. The van der Waals surface area contributed by atoms with Gasteiger partial charge in [0.1, 0.15) is 5.54 Å². The van der Waals surface area contributed by atoms with Gasteiger partial charge in [0, 0.05) is 31.1 Å². The summed E-state index contributed by atoms with van der Waals surface area (Å²) in [6.45, 7) is 4.56. The lowest BCUT2D eigenvalue weighted by Gasteiger charge is -2.27. The average Bonchev–Trinajstić information content (AvgIpc) is 3.00. The standard InChI is InChI=1S/C19H27N5O2/c1-19(2,24-7-5-15(22-24)14-3-4-14)18(26)21-16-9-13(10-17(16)25)11-23-8-6-20-12-23/h5-8,12-14,16-17,25H,3-4,9-11H2,1-2H3,(H,21,26)/t13?,16-,17-/m1/s1. The quantitative estimate of drug-likeness (QED) is 0.823. The van der Waals surface area contributed by atoms with Crippen LogP contribution in [0.1, 0.15) is 51.1 Å². The van der Waals surface area contributed by atoms with Gasteiger partial charge in [0.15, 0.2) is 0 Å². The summed E-state index contributed by atoms with van der Waals surface area (Å²) in [5.74, 6) is 0.796. The van der Waals surface area contributed by atoms with E-state index in [0.717, 1.165) is 18.7 Å².